The number of benzene rings is 6. The van der Waals surface area contributed by atoms with Crippen molar-refractivity contribution in [3.05, 3.63) is 93.0 Å². The summed E-state index contributed by atoms with van der Waals surface area (Å²) in [7, 11) is 0. The molecular weight excluding hydrogens is 1120 g/mol. The maximum atomic E-state index is 15.5. The Labute approximate surface area is 527 Å². The van der Waals surface area contributed by atoms with Crippen LogP contribution < -0.4 is 4.74 Å². The lowest BCUT2D eigenvalue weighted by atomic mass is 9.72. The number of carbonyl (C=O) groups excluding carboxylic acids is 4. The zero-order chi connectivity index (χ0) is 61.4. The molecule has 468 valence electrons. The fourth-order valence-corrected chi connectivity index (χ4v) is 15.8. The third-order valence-electron chi connectivity index (χ3n) is 19.5. The second-order valence-electron chi connectivity index (χ2n) is 28.5. The van der Waals surface area contributed by atoms with Crippen molar-refractivity contribution in [1.29, 1.82) is 0 Å². The Kier molecular flexibility index (Phi) is 25.0. The second-order valence-corrected chi connectivity index (χ2v) is 29.3. The summed E-state index contributed by atoms with van der Waals surface area (Å²) in [6.45, 7) is 21.3. The minimum atomic E-state index is -0.275. The summed E-state index contributed by atoms with van der Waals surface area (Å²) in [4.78, 5) is 64.3. The lowest BCUT2D eigenvalue weighted by Crippen LogP contribution is -2.43. The van der Waals surface area contributed by atoms with Gasteiger partial charge < -0.3 is 4.74 Å². The molecule has 6 aromatic rings. The number of fused-ring (bicyclic) bond motifs is 2. The van der Waals surface area contributed by atoms with Crippen LogP contribution in [-0.2, 0) is 5.41 Å². The van der Waals surface area contributed by atoms with Crippen LogP contribution in [0.4, 0.5) is 0 Å². The first-order valence-electron chi connectivity index (χ1n) is 35.0. The standard InChI is InChI=1S/C78H109BrN2O5/c1-10-14-18-22-26-28-32-36-40-55(38-34-30-24-20-16-12-3)52-80-73(82)61-49-47-60-70-66(86-58-44-42-57(43-45-58)78(8,9)54-77(5,6)7)51-64-68-62(48-46-59(72(68)70)69-65(79)50-63(75(80)84)67(61)71(60)69)74(83)81(76(64)85)53-56(39-35-31-25-21-17-13-4)41-37-33-29-27-23-19-15-11-2/h42-51,55-56H,10-41,52-54H2,1-9H3. The second kappa shape index (κ2) is 32.1. The number of amides is 4. The molecule has 2 atom stereocenters. The maximum Gasteiger partial charge on any atom is 0.261 e. The summed E-state index contributed by atoms with van der Waals surface area (Å²) >= 11 is 4.04. The zero-order valence-electron chi connectivity index (χ0n) is 55.0. The minimum Gasteiger partial charge on any atom is -0.457 e. The van der Waals surface area contributed by atoms with Crippen molar-refractivity contribution in [2.75, 3.05) is 13.1 Å². The molecule has 0 saturated heterocycles. The van der Waals surface area contributed by atoms with Crippen LogP contribution in [0.3, 0.4) is 0 Å². The molecule has 0 radical (unpaired) electrons. The van der Waals surface area contributed by atoms with Gasteiger partial charge in [-0.15, -0.1) is 0 Å². The molecule has 7 nitrogen and oxygen atoms in total. The third kappa shape index (κ3) is 16.5. The summed E-state index contributed by atoms with van der Waals surface area (Å²) in [6.07, 6.45) is 39.4. The Morgan fingerprint density at radius 1 is 0.395 bits per heavy atom. The van der Waals surface area contributed by atoms with Crippen molar-refractivity contribution in [1.82, 2.24) is 9.80 Å². The van der Waals surface area contributed by atoms with E-state index in [0.29, 0.717) is 57.6 Å². The van der Waals surface area contributed by atoms with Crippen molar-refractivity contribution in [3.63, 3.8) is 0 Å². The van der Waals surface area contributed by atoms with Crippen LogP contribution in [0.25, 0.3) is 43.1 Å². The van der Waals surface area contributed by atoms with E-state index in [1.54, 1.807) is 9.80 Å². The van der Waals surface area contributed by atoms with Crippen LogP contribution >= 0.6 is 15.9 Å². The van der Waals surface area contributed by atoms with E-state index in [0.717, 1.165) is 94.6 Å². The first kappa shape index (κ1) is 67.1. The van der Waals surface area contributed by atoms with E-state index in [1.165, 1.54) is 160 Å². The zero-order valence-corrected chi connectivity index (χ0v) is 56.6. The fourth-order valence-electron chi connectivity index (χ4n) is 15.2. The average Bonchev–Trinajstić information content (AvgIpc) is 0.691. The molecule has 2 unspecified atom stereocenters. The van der Waals surface area contributed by atoms with E-state index < -0.39 is 0 Å². The molecule has 6 aromatic carbocycles. The van der Waals surface area contributed by atoms with Gasteiger partial charge in [-0.3, -0.25) is 29.0 Å². The number of ether oxygens (including phenoxy) is 1. The van der Waals surface area contributed by atoms with Crippen molar-refractivity contribution in [3.8, 4) is 11.5 Å². The van der Waals surface area contributed by atoms with Crippen molar-refractivity contribution in [2.45, 2.75) is 280 Å². The molecule has 2 aliphatic heterocycles. The largest absolute Gasteiger partial charge is 0.457 e. The highest BCUT2D eigenvalue weighted by atomic mass is 79.9. The van der Waals surface area contributed by atoms with Crippen molar-refractivity contribution >= 4 is 82.6 Å². The Balaban J connectivity index is 1.18. The molecule has 2 heterocycles. The number of unbranched alkanes of at least 4 members (excludes halogenated alkanes) is 24. The quantitative estimate of drug-likeness (QED) is 0.0166. The molecule has 2 aliphatic rings. The van der Waals surface area contributed by atoms with E-state index >= 15 is 19.2 Å². The molecule has 0 bridgehead atoms. The minimum absolute atomic E-state index is 0.0790. The fraction of sp³-hybridized carbons (Fsp3) is 0.615. The smallest absolute Gasteiger partial charge is 0.261 e. The molecule has 0 aliphatic carbocycles. The van der Waals surface area contributed by atoms with Crippen LogP contribution in [0.1, 0.15) is 321 Å². The SMILES string of the molecule is CCCCCCCCCCC(CCCCCCCC)CN1C(=O)c2ccc3c4c(Oc5ccc(C(C)(C)CC(C)(C)C)cc5)cc5c6c(ccc(c7c(Br)cc(c2c37)C1=O)c64)C(=O)N(CC(CCCCCCCC)CCCCCCCCCC)C5=O. The van der Waals surface area contributed by atoms with Gasteiger partial charge in [0, 0.05) is 66.6 Å². The van der Waals surface area contributed by atoms with Gasteiger partial charge in [0.25, 0.3) is 23.6 Å². The number of imide groups is 2. The van der Waals surface area contributed by atoms with Gasteiger partial charge >= 0.3 is 0 Å². The topological polar surface area (TPSA) is 84.0 Å². The molecule has 4 amide bonds. The lowest BCUT2D eigenvalue weighted by molar-refractivity contribution is 0.0562. The van der Waals surface area contributed by atoms with Gasteiger partial charge in [-0.2, -0.15) is 0 Å². The van der Waals surface area contributed by atoms with Crippen LogP contribution in [-0.4, -0.2) is 46.5 Å². The van der Waals surface area contributed by atoms with Crippen LogP contribution in [0.2, 0.25) is 0 Å². The number of carbonyl (C=O) groups is 4. The van der Waals surface area contributed by atoms with E-state index in [2.05, 4.69) is 90.4 Å². The molecule has 0 aromatic heterocycles. The Bertz CT molecular complexity index is 3200. The van der Waals surface area contributed by atoms with Gasteiger partial charge in [0.1, 0.15) is 11.5 Å². The van der Waals surface area contributed by atoms with E-state index in [9.17, 15) is 0 Å². The van der Waals surface area contributed by atoms with Crippen molar-refractivity contribution < 1.29 is 23.9 Å². The lowest BCUT2D eigenvalue weighted by Gasteiger charge is -2.33. The maximum absolute atomic E-state index is 15.5. The number of halogens is 1. The van der Waals surface area contributed by atoms with E-state index in [-0.39, 0.29) is 46.3 Å². The molecule has 8 heteroatoms. The van der Waals surface area contributed by atoms with Gasteiger partial charge in [-0.25, -0.2) is 0 Å². The summed E-state index contributed by atoms with van der Waals surface area (Å²) in [5.74, 6) is 0.600. The third-order valence-corrected chi connectivity index (χ3v) is 20.1. The molecule has 0 fully saturated rings. The van der Waals surface area contributed by atoms with Gasteiger partial charge in [-0.05, 0) is 108 Å². The number of hydrogen-bond donors (Lipinski definition) is 0. The molecule has 86 heavy (non-hydrogen) atoms. The van der Waals surface area contributed by atoms with Gasteiger partial charge in [-0.1, -0.05) is 282 Å². The molecular formula is C78H109BrN2O5. The van der Waals surface area contributed by atoms with Crippen LogP contribution in [0.5, 0.6) is 11.5 Å². The number of hydrogen-bond acceptors (Lipinski definition) is 5. The van der Waals surface area contributed by atoms with Gasteiger partial charge in [0.2, 0.25) is 0 Å². The summed E-state index contributed by atoms with van der Waals surface area (Å²) in [5, 5.41) is 6.15. The highest BCUT2D eigenvalue weighted by Gasteiger charge is 2.40. The predicted molar refractivity (Wildman–Crippen MR) is 367 cm³/mol. The van der Waals surface area contributed by atoms with E-state index in [1.807, 2.05) is 48.5 Å². The Morgan fingerprint density at radius 3 is 1.14 bits per heavy atom. The molecule has 0 spiro atoms. The molecule has 0 N–H and O–H groups in total. The first-order chi connectivity index (χ1) is 41.5. The van der Waals surface area contributed by atoms with Crippen LogP contribution in [0, 0.1) is 17.3 Å². The van der Waals surface area contributed by atoms with Crippen molar-refractivity contribution in [2.24, 2.45) is 17.3 Å². The molecule has 0 saturated carbocycles. The summed E-state index contributed by atoms with van der Waals surface area (Å²) < 4.78 is 7.90. The van der Waals surface area contributed by atoms with Gasteiger partial charge in [0.15, 0.2) is 0 Å². The Morgan fingerprint density at radius 2 is 0.744 bits per heavy atom. The van der Waals surface area contributed by atoms with E-state index in [4.69, 9.17) is 4.74 Å². The average molecular weight is 1230 g/mol. The number of nitrogens with zero attached hydrogens (tertiary/aromatic N) is 2. The summed E-state index contributed by atoms with van der Waals surface area (Å²) in [6, 6.07) is 20.2. The van der Waals surface area contributed by atoms with Gasteiger partial charge in [0.05, 0.1) is 5.56 Å². The summed E-state index contributed by atoms with van der Waals surface area (Å²) in [5.41, 5.74) is 3.32. The molecule has 8 rings (SSSR count). The Hall–Kier alpha value is -4.82. The number of rotatable bonds is 40. The monoisotopic (exact) mass is 1230 g/mol. The highest BCUT2D eigenvalue weighted by molar-refractivity contribution is 9.10. The van der Waals surface area contributed by atoms with Crippen LogP contribution in [0.15, 0.2) is 65.1 Å². The highest BCUT2D eigenvalue weighted by Crippen LogP contribution is 2.52. The first-order valence-corrected chi connectivity index (χ1v) is 35.8. The predicted octanol–water partition coefficient (Wildman–Crippen LogP) is 24.0. The normalized spacial score (nSPS) is 14.6.